The molecule has 2 aliphatic rings. The Hall–Kier alpha value is -1.55. The number of nitrogens with one attached hydrogen (secondary N) is 1. The number of hydrogen-bond donors (Lipinski definition) is 2. The van der Waals surface area contributed by atoms with Gasteiger partial charge < -0.3 is 15.3 Å². The fraction of sp³-hybridized carbons (Fsp3) is 0.462. The number of rotatable bonds is 2. The molecule has 1 saturated carbocycles. The fourth-order valence-electron chi connectivity index (χ4n) is 2.64. The number of aldehydes is 1. The third kappa shape index (κ3) is 1.69. The van der Waals surface area contributed by atoms with E-state index in [0.29, 0.717) is 11.8 Å². The number of benzene rings is 1. The van der Waals surface area contributed by atoms with E-state index in [2.05, 4.69) is 10.2 Å². The van der Waals surface area contributed by atoms with E-state index in [1.807, 2.05) is 6.07 Å². The van der Waals surface area contributed by atoms with E-state index in [9.17, 15) is 9.90 Å². The molecular weight excluding hydrogens is 216 g/mol. The molecule has 1 aliphatic carbocycles. The summed E-state index contributed by atoms with van der Waals surface area (Å²) >= 11 is 0. The normalized spacial score (nSPS) is 21.5. The molecule has 1 saturated heterocycles. The summed E-state index contributed by atoms with van der Waals surface area (Å²) < 4.78 is 0. The highest BCUT2D eigenvalue weighted by Gasteiger charge is 2.49. The average molecular weight is 232 g/mol. The van der Waals surface area contributed by atoms with E-state index >= 15 is 0 Å². The Morgan fingerprint density at radius 1 is 1.41 bits per heavy atom. The van der Waals surface area contributed by atoms with Crippen molar-refractivity contribution >= 4 is 12.0 Å². The first-order valence-corrected chi connectivity index (χ1v) is 6.02. The number of phenols is 1. The smallest absolute Gasteiger partial charge is 0.153 e. The van der Waals surface area contributed by atoms with Gasteiger partial charge in [-0.15, -0.1) is 0 Å². The summed E-state index contributed by atoms with van der Waals surface area (Å²) in [6, 6.07) is 5.32. The van der Waals surface area contributed by atoms with Gasteiger partial charge in [0.2, 0.25) is 0 Å². The molecule has 17 heavy (non-hydrogen) atoms. The molecule has 2 fully saturated rings. The van der Waals surface area contributed by atoms with Crippen molar-refractivity contribution in [3.05, 3.63) is 23.8 Å². The lowest BCUT2D eigenvalue weighted by atomic mass is 10.1. The summed E-state index contributed by atoms with van der Waals surface area (Å²) in [5.74, 6) is 0.0758. The third-order valence-electron chi connectivity index (χ3n) is 3.82. The second kappa shape index (κ2) is 3.74. The lowest BCUT2D eigenvalue weighted by molar-refractivity contribution is 0.112. The fourth-order valence-corrected chi connectivity index (χ4v) is 2.64. The summed E-state index contributed by atoms with van der Waals surface area (Å²) in [5.41, 5.74) is 1.63. The number of hydrogen-bond acceptors (Lipinski definition) is 4. The first-order valence-electron chi connectivity index (χ1n) is 6.02. The Morgan fingerprint density at radius 2 is 2.24 bits per heavy atom. The number of piperazine rings is 1. The van der Waals surface area contributed by atoms with E-state index in [-0.39, 0.29) is 11.3 Å². The summed E-state index contributed by atoms with van der Waals surface area (Å²) in [7, 11) is 0. The van der Waals surface area contributed by atoms with E-state index in [1.165, 1.54) is 12.8 Å². The summed E-state index contributed by atoms with van der Waals surface area (Å²) in [6.45, 7) is 2.95. The molecule has 1 aromatic carbocycles. The Morgan fingerprint density at radius 3 is 2.88 bits per heavy atom. The van der Waals surface area contributed by atoms with E-state index < -0.39 is 0 Å². The van der Waals surface area contributed by atoms with Crippen molar-refractivity contribution in [1.29, 1.82) is 0 Å². The van der Waals surface area contributed by atoms with Gasteiger partial charge >= 0.3 is 0 Å². The van der Waals surface area contributed by atoms with Gasteiger partial charge in [0.05, 0.1) is 11.1 Å². The minimum atomic E-state index is 0.0758. The molecule has 0 atom stereocenters. The topological polar surface area (TPSA) is 52.6 Å². The molecule has 1 aromatic rings. The Kier molecular flexibility index (Phi) is 2.33. The molecule has 0 amide bonds. The maximum atomic E-state index is 10.7. The molecule has 4 nitrogen and oxygen atoms in total. The molecule has 90 valence electrons. The van der Waals surface area contributed by atoms with Gasteiger partial charge in [0.15, 0.2) is 6.29 Å². The van der Waals surface area contributed by atoms with Gasteiger partial charge in [-0.25, -0.2) is 0 Å². The standard InChI is InChI=1S/C13H16N2O2/c16-8-10-1-2-11(7-12(10)17)15-6-5-14-9-13(15)3-4-13/h1-2,7-8,14,17H,3-6,9H2. The molecule has 0 bridgehead atoms. The van der Waals surface area contributed by atoms with Gasteiger partial charge in [0.25, 0.3) is 0 Å². The summed E-state index contributed by atoms with van der Waals surface area (Å²) in [6.07, 6.45) is 3.09. The van der Waals surface area contributed by atoms with Crippen molar-refractivity contribution in [3.63, 3.8) is 0 Å². The highest BCUT2D eigenvalue weighted by atomic mass is 16.3. The Bertz CT molecular complexity index is 455. The molecule has 1 heterocycles. The zero-order valence-electron chi connectivity index (χ0n) is 9.65. The van der Waals surface area contributed by atoms with Crippen LogP contribution in [-0.4, -0.2) is 36.6 Å². The van der Waals surface area contributed by atoms with Crippen molar-refractivity contribution in [3.8, 4) is 5.75 Å². The number of phenolic OH excluding ortho intramolecular Hbond substituents is 1. The molecule has 3 rings (SSSR count). The van der Waals surface area contributed by atoms with Crippen LogP contribution in [0.4, 0.5) is 5.69 Å². The van der Waals surface area contributed by atoms with E-state index in [0.717, 1.165) is 25.3 Å². The van der Waals surface area contributed by atoms with Crippen molar-refractivity contribution in [1.82, 2.24) is 5.32 Å². The van der Waals surface area contributed by atoms with Crippen LogP contribution in [0.2, 0.25) is 0 Å². The maximum absolute atomic E-state index is 10.7. The van der Waals surface area contributed by atoms with Crippen LogP contribution in [0.5, 0.6) is 5.75 Å². The molecule has 0 aromatic heterocycles. The SMILES string of the molecule is O=Cc1ccc(N2CCNCC23CC3)cc1O. The minimum absolute atomic E-state index is 0.0758. The number of anilines is 1. The van der Waals surface area contributed by atoms with Gasteiger partial charge in [-0.05, 0) is 25.0 Å². The molecule has 4 heteroatoms. The van der Waals surface area contributed by atoms with Crippen LogP contribution in [0.25, 0.3) is 0 Å². The largest absolute Gasteiger partial charge is 0.507 e. The third-order valence-corrected chi connectivity index (χ3v) is 3.82. The predicted octanol–water partition coefficient (Wildman–Crippen LogP) is 1.15. The monoisotopic (exact) mass is 232 g/mol. The second-order valence-corrected chi connectivity index (χ2v) is 4.91. The van der Waals surface area contributed by atoms with Crippen molar-refractivity contribution in [2.45, 2.75) is 18.4 Å². The zero-order valence-corrected chi connectivity index (χ0v) is 9.65. The molecule has 0 unspecified atom stereocenters. The molecule has 1 spiro atoms. The van der Waals surface area contributed by atoms with Crippen LogP contribution < -0.4 is 10.2 Å². The lowest BCUT2D eigenvalue weighted by Gasteiger charge is -2.38. The van der Waals surface area contributed by atoms with Gasteiger partial charge in [-0.1, -0.05) is 0 Å². The number of nitrogens with zero attached hydrogens (tertiary/aromatic N) is 1. The van der Waals surface area contributed by atoms with Crippen LogP contribution in [0, 0.1) is 0 Å². The van der Waals surface area contributed by atoms with Crippen molar-refractivity contribution < 1.29 is 9.90 Å². The quantitative estimate of drug-likeness (QED) is 0.751. The number of carbonyl (C=O) groups is 1. The first kappa shape index (κ1) is 10.6. The lowest BCUT2D eigenvalue weighted by Crippen LogP contribution is -2.53. The van der Waals surface area contributed by atoms with Gasteiger partial charge in [-0.3, -0.25) is 4.79 Å². The van der Waals surface area contributed by atoms with Gasteiger partial charge in [0, 0.05) is 31.4 Å². The number of aromatic hydroxyl groups is 1. The average Bonchev–Trinajstić information content (AvgIpc) is 3.10. The van der Waals surface area contributed by atoms with Crippen LogP contribution in [0.15, 0.2) is 18.2 Å². The van der Waals surface area contributed by atoms with Crippen molar-refractivity contribution in [2.75, 3.05) is 24.5 Å². The van der Waals surface area contributed by atoms with Crippen molar-refractivity contribution in [2.24, 2.45) is 0 Å². The highest BCUT2D eigenvalue weighted by Crippen LogP contribution is 2.45. The molecule has 1 aliphatic heterocycles. The predicted molar refractivity (Wildman–Crippen MR) is 65.7 cm³/mol. The summed E-state index contributed by atoms with van der Waals surface area (Å²) in [5, 5.41) is 13.2. The minimum Gasteiger partial charge on any atom is -0.507 e. The van der Waals surface area contributed by atoms with Crippen LogP contribution in [0.1, 0.15) is 23.2 Å². The van der Waals surface area contributed by atoms with E-state index in [1.54, 1.807) is 12.1 Å². The molecule has 2 N–H and O–H groups in total. The maximum Gasteiger partial charge on any atom is 0.153 e. The van der Waals surface area contributed by atoms with Crippen LogP contribution >= 0.6 is 0 Å². The molecular formula is C13H16N2O2. The number of carbonyl (C=O) groups excluding carboxylic acids is 1. The Labute approximate surface area is 100 Å². The first-order chi connectivity index (χ1) is 8.25. The van der Waals surface area contributed by atoms with Gasteiger partial charge in [-0.2, -0.15) is 0 Å². The summed E-state index contributed by atoms with van der Waals surface area (Å²) in [4.78, 5) is 13.0. The Balaban J connectivity index is 1.93. The van der Waals surface area contributed by atoms with Crippen LogP contribution in [0.3, 0.4) is 0 Å². The van der Waals surface area contributed by atoms with E-state index in [4.69, 9.17) is 0 Å². The zero-order chi connectivity index (χ0) is 11.9. The van der Waals surface area contributed by atoms with Crippen LogP contribution in [-0.2, 0) is 0 Å². The highest BCUT2D eigenvalue weighted by molar-refractivity contribution is 5.80. The van der Waals surface area contributed by atoms with Gasteiger partial charge in [0.1, 0.15) is 5.75 Å². The second-order valence-electron chi connectivity index (χ2n) is 4.91. The molecule has 0 radical (unpaired) electrons.